The number of nitrogens with zero attached hydrogens (tertiary/aromatic N) is 2. The third-order valence-electron chi connectivity index (χ3n) is 4.76. The fourth-order valence-corrected chi connectivity index (χ4v) is 4.15. The molecule has 0 atom stereocenters. The van der Waals surface area contributed by atoms with Crippen molar-refractivity contribution in [2.45, 2.75) is 50.7 Å². The standard InChI is InChI=1S/C20H26N2S/c1-15-8-7-9-20(17(15)3)23-14-18-12-19(16(2)13-21-18)22-10-5-4-6-11-22/h7-9,12-13H,4-6,10-11,14H2,1-3H3. The molecule has 0 unspecified atom stereocenters. The first-order chi connectivity index (χ1) is 11.1. The summed E-state index contributed by atoms with van der Waals surface area (Å²) < 4.78 is 0. The molecule has 0 bridgehead atoms. The molecule has 3 rings (SSSR count). The monoisotopic (exact) mass is 326 g/mol. The Balaban J connectivity index is 1.74. The minimum atomic E-state index is 0.936. The Morgan fingerprint density at radius 1 is 1.04 bits per heavy atom. The van der Waals surface area contributed by atoms with Gasteiger partial charge in [-0.25, -0.2) is 0 Å². The van der Waals surface area contributed by atoms with Gasteiger partial charge in [-0.3, -0.25) is 4.98 Å². The zero-order valence-electron chi connectivity index (χ0n) is 14.4. The second-order valence-corrected chi connectivity index (χ2v) is 7.51. The van der Waals surface area contributed by atoms with Gasteiger partial charge in [-0.2, -0.15) is 0 Å². The molecular weight excluding hydrogens is 300 g/mol. The Morgan fingerprint density at radius 2 is 1.83 bits per heavy atom. The van der Waals surface area contributed by atoms with Crippen molar-refractivity contribution in [3.63, 3.8) is 0 Å². The molecule has 0 spiro atoms. The van der Waals surface area contributed by atoms with Crippen LogP contribution in [-0.2, 0) is 5.75 Å². The summed E-state index contributed by atoms with van der Waals surface area (Å²) in [4.78, 5) is 8.56. The number of aryl methyl sites for hydroxylation is 2. The van der Waals surface area contributed by atoms with Gasteiger partial charge in [0.05, 0.1) is 5.69 Å². The minimum absolute atomic E-state index is 0.936. The maximum atomic E-state index is 4.65. The van der Waals surface area contributed by atoms with E-state index >= 15 is 0 Å². The topological polar surface area (TPSA) is 16.1 Å². The number of anilines is 1. The van der Waals surface area contributed by atoms with Gasteiger partial charge >= 0.3 is 0 Å². The highest BCUT2D eigenvalue weighted by Crippen LogP contribution is 2.29. The smallest absolute Gasteiger partial charge is 0.0527 e. The molecule has 23 heavy (non-hydrogen) atoms. The van der Waals surface area contributed by atoms with Crippen LogP contribution in [0, 0.1) is 20.8 Å². The lowest BCUT2D eigenvalue weighted by molar-refractivity contribution is 0.576. The van der Waals surface area contributed by atoms with E-state index in [4.69, 9.17) is 0 Å². The van der Waals surface area contributed by atoms with Crippen LogP contribution in [-0.4, -0.2) is 18.1 Å². The van der Waals surface area contributed by atoms with Gasteiger partial charge in [-0.15, -0.1) is 11.8 Å². The van der Waals surface area contributed by atoms with Crippen LogP contribution in [0.3, 0.4) is 0 Å². The fourth-order valence-electron chi connectivity index (χ4n) is 3.14. The summed E-state index contributed by atoms with van der Waals surface area (Å²) in [6.45, 7) is 8.94. The van der Waals surface area contributed by atoms with Crippen LogP contribution in [0.4, 0.5) is 5.69 Å². The van der Waals surface area contributed by atoms with Gasteiger partial charge in [-0.1, -0.05) is 12.1 Å². The van der Waals surface area contributed by atoms with Crippen molar-refractivity contribution in [3.05, 3.63) is 52.8 Å². The average Bonchev–Trinajstić information content (AvgIpc) is 2.58. The van der Waals surface area contributed by atoms with Gasteiger partial charge in [-0.05, 0) is 68.9 Å². The summed E-state index contributed by atoms with van der Waals surface area (Å²) in [7, 11) is 0. The third kappa shape index (κ3) is 3.89. The zero-order chi connectivity index (χ0) is 16.2. The molecule has 1 aliphatic heterocycles. The summed E-state index contributed by atoms with van der Waals surface area (Å²) >= 11 is 1.89. The largest absolute Gasteiger partial charge is 0.371 e. The van der Waals surface area contributed by atoms with Crippen molar-refractivity contribution in [2.75, 3.05) is 18.0 Å². The van der Waals surface area contributed by atoms with Gasteiger partial charge in [0.15, 0.2) is 0 Å². The van der Waals surface area contributed by atoms with E-state index in [0.29, 0.717) is 0 Å². The highest BCUT2D eigenvalue weighted by molar-refractivity contribution is 7.98. The zero-order valence-corrected chi connectivity index (χ0v) is 15.2. The molecule has 2 aromatic rings. The molecular formula is C20H26N2S. The van der Waals surface area contributed by atoms with E-state index in [2.05, 4.69) is 54.9 Å². The SMILES string of the molecule is Cc1cnc(CSc2cccc(C)c2C)cc1N1CCCCC1. The van der Waals surface area contributed by atoms with E-state index in [1.54, 1.807) is 0 Å². The molecule has 1 fully saturated rings. The van der Waals surface area contributed by atoms with Crippen molar-refractivity contribution in [3.8, 4) is 0 Å². The summed E-state index contributed by atoms with van der Waals surface area (Å²) in [5.74, 6) is 0.936. The van der Waals surface area contributed by atoms with Crippen LogP contribution in [0.1, 0.15) is 41.6 Å². The molecule has 0 radical (unpaired) electrons. The Hall–Kier alpha value is -1.48. The predicted molar refractivity (Wildman–Crippen MR) is 101 cm³/mol. The van der Waals surface area contributed by atoms with Gasteiger partial charge in [0.2, 0.25) is 0 Å². The van der Waals surface area contributed by atoms with Crippen LogP contribution in [0.25, 0.3) is 0 Å². The number of thioether (sulfide) groups is 1. The second kappa shape index (κ2) is 7.39. The van der Waals surface area contributed by atoms with E-state index in [1.807, 2.05) is 18.0 Å². The van der Waals surface area contributed by atoms with Crippen molar-refractivity contribution >= 4 is 17.4 Å². The molecule has 0 N–H and O–H groups in total. The first-order valence-corrected chi connectivity index (χ1v) is 9.53. The van der Waals surface area contributed by atoms with Crippen LogP contribution in [0.5, 0.6) is 0 Å². The van der Waals surface area contributed by atoms with Crippen molar-refractivity contribution < 1.29 is 0 Å². The average molecular weight is 327 g/mol. The van der Waals surface area contributed by atoms with Crippen LogP contribution >= 0.6 is 11.8 Å². The van der Waals surface area contributed by atoms with Gasteiger partial charge in [0.25, 0.3) is 0 Å². The lowest BCUT2D eigenvalue weighted by Gasteiger charge is -2.30. The third-order valence-corrected chi connectivity index (χ3v) is 5.95. The summed E-state index contributed by atoms with van der Waals surface area (Å²) in [5.41, 5.74) is 6.62. The van der Waals surface area contributed by atoms with Crippen molar-refractivity contribution in [2.24, 2.45) is 0 Å². The number of aromatic nitrogens is 1. The molecule has 1 aliphatic rings. The summed E-state index contributed by atoms with van der Waals surface area (Å²) in [5, 5.41) is 0. The van der Waals surface area contributed by atoms with Crippen LogP contribution in [0.15, 0.2) is 35.4 Å². The molecule has 122 valence electrons. The number of rotatable bonds is 4. The fraction of sp³-hybridized carbons (Fsp3) is 0.450. The molecule has 0 saturated carbocycles. The maximum Gasteiger partial charge on any atom is 0.0527 e. The maximum absolute atomic E-state index is 4.65. The Labute approximate surface area is 144 Å². The first kappa shape index (κ1) is 16.4. The van der Waals surface area contributed by atoms with E-state index in [-0.39, 0.29) is 0 Å². The normalized spacial score (nSPS) is 15.0. The Kier molecular flexibility index (Phi) is 5.27. The Morgan fingerprint density at radius 3 is 2.61 bits per heavy atom. The lowest BCUT2D eigenvalue weighted by Crippen LogP contribution is -2.30. The Bertz CT molecular complexity index is 675. The number of hydrogen-bond acceptors (Lipinski definition) is 3. The molecule has 2 heterocycles. The van der Waals surface area contributed by atoms with E-state index in [0.717, 1.165) is 5.75 Å². The molecule has 1 aromatic heterocycles. The van der Waals surface area contributed by atoms with E-state index in [1.165, 1.54) is 65.3 Å². The lowest BCUT2D eigenvalue weighted by atomic mass is 10.1. The first-order valence-electron chi connectivity index (χ1n) is 8.54. The highest BCUT2D eigenvalue weighted by Gasteiger charge is 2.14. The summed E-state index contributed by atoms with van der Waals surface area (Å²) in [6, 6.07) is 8.84. The van der Waals surface area contributed by atoms with E-state index in [9.17, 15) is 0 Å². The van der Waals surface area contributed by atoms with Crippen LogP contribution < -0.4 is 4.90 Å². The number of piperidine rings is 1. The quantitative estimate of drug-likeness (QED) is 0.710. The molecule has 0 aliphatic carbocycles. The number of benzene rings is 1. The van der Waals surface area contributed by atoms with Crippen molar-refractivity contribution in [1.82, 2.24) is 4.98 Å². The molecule has 1 aromatic carbocycles. The van der Waals surface area contributed by atoms with E-state index < -0.39 is 0 Å². The highest BCUT2D eigenvalue weighted by atomic mass is 32.2. The second-order valence-electron chi connectivity index (χ2n) is 6.50. The molecule has 0 amide bonds. The van der Waals surface area contributed by atoms with Gasteiger partial charge in [0, 0.05) is 35.6 Å². The van der Waals surface area contributed by atoms with Crippen LogP contribution in [0.2, 0.25) is 0 Å². The van der Waals surface area contributed by atoms with Crippen molar-refractivity contribution in [1.29, 1.82) is 0 Å². The molecule has 3 heteroatoms. The van der Waals surface area contributed by atoms with Gasteiger partial charge < -0.3 is 4.90 Å². The molecule has 2 nitrogen and oxygen atoms in total. The van der Waals surface area contributed by atoms with Gasteiger partial charge in [0.1, 0.15) is 0 Å². The molecule has 1 saturated heterocycles. The summed E-state index contributed by atoms with van der Waals surface area (Å²) in [6.07, 6.45) is 6.04. The predicted octanol–water partition coefficient (Wildman–Crippen LogP) is 5.29. The number of hydrogen-bond donors (Lipinski definition) is 0. The number of pyridine rings is 1. The minimum Gasteiger partial charge on any atom is -0.371 e.